The molecule has 0 aromatic rings. The minimum atomic E-state index is -0.992. The van der Waals surface area contributed by atoms with E-state index in [4.69, 9.17) is 34.0 Å². The van der Waals surface area contributed by atoms with Crippen LogP contribution in [0, 0.1) is 0 Å². The minimum absolute atomic E-state index is 0.0306. The van der Waals surface area contributed by atoms with E-state index in [-0.39, 0.29) is 59.1 Å². The van der Waals surface area contributed by atoms with Crippen LogP contribution in [0.3, 0.4) is 0 Å². The molecule has 11 heteroatoms. The number of carboxylic acids is 2. The van der Waals surface area contributed by atoms with Gasteiger partial charge in [-0.25, -0.2) is 9.78 Å². The fourth-order valence-corrected chi connectivity index (χ4v) is 1.64. The number of carbonyl (C=O) groups is 2. The number of hydrogen-bond donors (Lipinski definition) is 2. The average molecular weight is 396 g/mol. The molecule has 0 bridgehead atoms. The number of aliphatic carboxylic acids is 2. The molecule has 0 aliphatic heterocycles. The van der Waals surface area contributed by atoms with E-state index in [1.54, 1.807) is 0 Å². The molecular weight excluding hydrogens is 368 g/mol. The van der Waals surface area contributed by atoms with Gasteiger partial charge in [0.25, 0.3) is 0 Å². The Bertz CT molecular complexity index is 402. The standard InChI is InChI=1S/C16H28O11/c1-3-6-25-27-26-12-14(24-8-5-16(19)20)11-22-10-13(9-21-2)23-7-4-15(17)18/h3,13-14H,1,4-12H2,2H3,(H,17,18)(H,19,20). The Morgan fingerprint density at radius 3 is 1.96 bits per heavy atom. The summed E-state index contributed by atoms with van der Waals surface area (Å²) < 4.78 is 21.2. The lowest BCUT2D eigenvalue weighted by atomic mass is 10.3. The monoisotopic (exact) mass is 396 g/mol. The van der Waals surface area contributed by atoms with Crippen LogP contribution in [-0.4, -0.2) is 87.7 Å². The summed E-state index contributed by atoms with van der Waals surface area (Å²) in [5, 5.41) is 21.7. The number of rotatable bonds is 20. The maximum absolute atomic E-state index is 10.6. The highest BCUT2D eigenvalue weighted by Crippen LogP contribution is 2.02. The van der Waals surface area contributed by atoms with E-state index in [2.05, 4.69) is 16.5 Å². The highest BCUT2D eigenvalue weighted by molar-refractivity contribution is 5.67. The Morgan fingerprint density at radius 2 is 1.48 bits per heavy atom. The summed E-state index contributed by atoms with van der Waals surface area (Å²) in [4.78, 5) is 30.5. The minimum Gasteiger partial charge on any atom is -0.481 e. The van der Waals surface area contributed by atoms with Crippen LogP contribution in [0.15, 0.2) is 12.7 Å². The molecule has 0 saturated heterocycles. The first-order valence-electron chi connectivity index (χ1n) is 8.25. The maximum atomic E-state index is 10.6. The van der Waals surface area contributed by atoms with Crippen molar-refractivity contribution in [3.05, 3.63) is 12.7 Å². The molecule has 0 aromatic carbocycles. The third-order valence-corrected chi connectivity index (χ3v) is 2.84. The fourth-order valence-electron chi connectivity index (χ4n) is 1.64. The van der Waals surface area contributed by atoms with E-state index >= 15 is 0 Å². The van der Waals surface area contributed by atoms with E-state index in [0.29, 0.717) is 0 Å². The van der Waals surface area contributed by atoms with Gasteiger partial charge < -0.3 is 29.2 Å². The predicted molar refractivity (Wildman–Crippen MR) is 89.9 cm³/mol. The molecule has 0 rings (SSSR count). The van der Waals surface area contributed by atoms with Gasteiger partial charge in [0.2, 0.25) is 0 Å². The second kappa shape index (κ2) is 17.8. The van der Waals surface area contributed by atoms with Crippen LogP contribution in [0.4, 0.5) is 0 Å². The third kappa shape index (κ3) is 17.6. The zero-order valence-electron chi connectivity index (χ0n) is 15.4. The molecule has 0 spiro atoms. The van der Waals surface area contributed by atoms with Crippen LogP contribution in [-0.2, 0) is 43.3 Å². The first-order chi connectivity index (χ1) is 13.0. The molecule has 0 amide bonds. The first kappa shape index (κ1) is 25.4. The fraction of sp³-hybridized carbons (Fsp3) is 0.750. The largest absolute Gasteiger partial charge is 0.481 e. The summed E-state index contributed by atoms with van der Waals surface area (Å²) in [5.41, 5.74) is 0. The van der Waals surface area contributed by atoms with Crippen molar-refractivity contribution >= 4 is 11.9 Å². The molecule has 0 aromatic heterocycles. The molecule has 0 radical (unpaired) electrons. The lowest BCUT2D eigenvalue weighted by Crippen LogP contribution is -2.31. The Hall–Kier alpha value is -1.60. The molecule has 0 heterocycles. The topological polar surface area (TPSA) is 139 Å². The van der Waals surface area contributed by atoms with Gasteiger partial charge in [-0.05, 0) is 0 Å². The van der Waals surface area contributed by atoms with Gasteiger partial charge in [0.15, 0.2) is 0 Å². The smallest absolute Gasteiger partial charge is 0.305 e. The second-order valence-corrected chi connectivity index (χ2v) is 5.19. The molecule has 2 N–H and O–H groups in total. The SMILES string of the molecule is C=CCOOOCC(COCC(COC)OCCC(=O)O)OCCC(=O)O. The van der Waals surface area contributed by atoms with Crippen molar-refractivity contribution < 1.29 is 53.6 Å². The molecule has 2 unspecified atom stereocenters. The van der Waals surface area contributed by atoms with Gasteiger partial charge in [-0.15, -0.1) is 6.58 Å². The van der Waals surface area contributed by atoms with Crippen molar-refractivity contribution in [1.82, 2.24) is 0 Å². The van der Waals surface area contributed by atoms with Crippen molar-refractivity contribution in [3.8, 4) is 0 Å². The van der Waals surface area contributed by atoms with Crippen molar-refractivity contribution in [2.45, 2.75) is 25.0 Å². The van der Waals surface area contributed by atoms with Crippen LogP contribution in [0.5, 0.6) is 0 Å². The lowest BCUT2D eigenvalue weighted by Gasteiger charge is -2.20. The number of ether oxygens (including phenoxy) is 4. The zero-order chi connectivity index (χ0) is 20.3. The maximum Gasteiger partial charge on any atom is 0.305 e. The summed E-state index contributed by atoms with van der Waals surface area (Å²) in [5.74, 6) is -1.96. The summed E-state index contributed by atoms with van der Waals surface area (Å²) in [6.07, 6.45) is 0.0977. The highest BCUT2D eigenvalue weighted by Gasteiger charge is 2.15. The van der Waals surface area contributed by atoms with Crippen molar-refractivity contribution in [1.29, 1.82) is 0 Å². The molecule has 27 heavy (non-hydrogen) atoms. The van der Waals surface area contributed by atoms with Gasteiger partial charge in [-0.3, -0.25) is 9.59 Å². The molecule has 2 atom stereocenters. The van der Waals surface area contributed by atoms with Crippen molar-refractivity contribution in [2.75, 3.05) is 53.4 Å². The molecule has 0 aliphatic carbocycles. The lowest BCUT2D eigenvalue weighted by molar-refractivity contribution is -0.512. The Kier molecular flexibility index (Phi) is 16.7. The van der Waals surface area contributed by atoms with E-state index in [1.165, 1.54) is 13.2 Å². The van der Waals surface area contributed by atoms with E-state index in [1.807, 2.05) is 0 Å². The first-order valence-corrected chi connectivity index (χ1v) is 8.25. The van der Waals surface area contributed by atoms with Gasteiger partial charge in [-0.1, -0.05) is 11.1 Å². The normalized spacial score (nSPS) is 13.2. The van der Waals surface area contributed by atoms with Gasteiger partial charge in [0, 0.05) is 7.11 Å². The van der Waals surface area contributed by atoms with Gasteiger partial charge in [0.05, 0.1) is 45.9 Å². The molecule has 0 aliphatic rings. The van der Waals surface area contributed by atoms with Gasteiger partial charge >= 0.3 is 11.9 Å². The summed E-state index contributed by atoms with van der Waals surface area (Å²) in [6.45, 7) is 3.91. The van der Waals surface area contributed by atoms with E-state index in [0.717, 1.165) is 0 Å². The van der Waals surface area contributed by atoms with Crippen LogP contribution in [0.1, 0.15) is 12.8 Å². The molecule has 158 valence electrons. The quantitative estimate of drug-likeness (QED) is 0.128. The Labute approximate surface area is 157 Å². The van der Waals surface area contributed by atoms with Crippen LogP contribution < -0.4 is 0 Å². The summed E-state index contributed by atoms with van der Waals surface area (Å²) >= 11 is 0. The van der Waals surface area contributed by atoms with Crippen molar-refractivity contribution in [2.24, 2.45) is 0 Å². The predicted octanol–water partition coefficient (Wildman–Crippen LogP) is 0.435. The second-order valence-electron chi connectivity index (χ2n) is 5.19. The van der Waals surface area contributed by atoms with Crippen LogP contribution >= 0.6 is 0 Å². The summed E-state index contributed by atoms with van der Waals surface area (Å²) in [6, 6.07) is 0. The molecular formula is C16H28O11. The van der Waals surface area contributed by atoms with Crippen LogP contribution in [0.25, 0.3) is 0 Å². The summed E-state index contributed by atoms with van der Waals surface area (Å²) in [7, 11) is 1.49. The third-order valence-electron chi connectivity index (χ3n) is 2.84. The Morgan fingerprint density at radius 1 is 0.926 bits per heavy atom. The van der Waals surface area contributed by atoms with Gasteiger partial charge in [0.1, 0.15) is 25.4 Å². The number of carboxylic acid groups (broad SMARTS) is 2. The molecule has 0 fully saturated rings. The molecule has 0 saturated carbocycles. The molecule has 11 nitrogen and oxygen atoms in total. The van der Waals surface area contributed by atoms with Gasteiger partial charge in [-0.2, -0.15) is 0 Å². The Balaban J connectivity index is 4.22. The van der Waals surface area contributed by atoms with Crippen molar-refractivity contribution in [3.63, 3.8) is 0 Å². The van der Waals surface area contributed by atoms with E-state index < -0.39 is 24.1 Å². The average Bonchev–Trinajstić information content (AvgIpc) is 2.60. The highest BCUT2D eigenvalue weighted by atomic mass is 17.5. The zero-order valence-corrected chi connectivity index (χ0v) is 15.4. The number of methoxy groups -OCH3 is 1. The van der Waals surface area contributed by atoms with E-state index in [9.17, 15) is 9.59 Å². The number of hydrogen-bond acceptors (Lipinski definition) is 9. The van der Waals surface area contributed by atoms with Crippen LogP contribution in [0.2, 0.25) is 0 Å².